The van der Waals surface area contributed by atoms with Crippen molar-refractivity contribution < 1.29 is 4.79 Å². The van der Waals surface area contributed by atoms with Gasteiger partial charge in [0.25, 0.3) is 0 Å². The van der Waals surface area contributed by atoms with E-state index in [1.165, 1.54) is 0 Å². The van der Waals surface area contributed by atoms with E-state index in [0.29, 0.717) is 12.1 Å². The molecule has 0 saturated heterocycles. The van der Waals surface area contributed by atoms with Crippen molar-refractivity contribution in [2.45, 2.75) is 6.17 Å². The Kier molecular flexibility index (Phi) is 2.36. The molecule has 0 amide bonds. The Hall–Kier alpha value is -1.55. The number of carbonyl (C=O) groups excluding carboxylic acids is 1. The zero-order chi connectivity index (χ0) is 11.0. The molecule has 1 heterocycles. The lowest BCUT2D eigenvalue weighted by atomic mass is 10.2. The lowest BCUT2D eigenvalue weighted by Crippen LogP contribution is -2.44. The number of aldehydes is 1. The molecule has 1 aromatic rings. The molecule has 1 unspecified atom stereocenters. The molecule has 1 atom stereocenters. The van der Waals surface area contributed by atoms with Gasteiger partial charge < -0.3 is 15.5 Å². The topological polar surface area (TPSA) is 49.6 Å². The summed E-state index contributed by atoms with van der Waals surface area (Å²) < 4.78 is 0. The van der Waals surface area contributed by atoms with Gasteiger partial charge in [0.2, 0.25) is 0 Å². The van der Waals surface area contributed by atoms with Crippen molar-refractivity contribution >= 4 is 17.7 Å². The van der Waals surface area contributed by atoms with Crippen LogP contribution in [0.25, 0.3) is 0 Å². The summed E-state index contributed by atoms with van der Waals surface area (Å²) >= 11 is 0. The predicted octanol–water partition coefficient (Wildman–Crippen LogP) is 0.670. The van der Waals surface area contributed by atoms with Crippen LogP contribution in [-0.4, -0.2) is 33.1 Å². The molecule has 4 nitrogen and oxygen atoms in total. The quantitative estimate of drug-likeness (QED) is 0.721. The monoisotopic (exact) mass is 205 g/mol. The minimum atomic E-state index is 0.182. The second-order valence-corrected chi connectivity index (χ2v) is 3.80. The highest BCUT2D eigenvalue weighted by Gasteiger charge is 2.29. The van der Waals surface area contributed by atoms with Crippen molar-refractivity contribution in [3.63, 3.8) is 0 Å². The van der Waals surface area contributed by atoms with Crippen LogP contribution in [0.5, 0.6) is 0 Å². The van der Waals surface area contributed by atoms with E-state index in [0.717, 1.165) is 17.7 Å². The maximum atomic E-state index is 10.7. The zero-order valence-corrected chi connectivity index (χ0v) is 8.97. The molecule has 0 spiro atoms. The largest absolute Gasteiger partial charge is 0.352 e. The number of benzene rings is 1. The number of hydrogen-bond acceptors (Lipinski definition) is 4. The van der Waals surface area contributed by atoms with Crippen molar-refractivity contribution in [1.29, 1.82) is 0 Å². The van der Waals surface area contributed by atoms with Gasteiger partial charge in [-0.1, -0.05) is 0 Å². The molecule has 4 heteroatoms. The molecule has 80 valence electrons. The average Bonchev–Trinajstić information content (AvgIpc) is 2.51. The molecular weight excluding hydrogens is 190 g/mol. The van der Waals surface area contributed by atoms with Crippen LogP contribution >= 0.6 is 0 Å². The third kappa shape index (κ3) is 1.37. The first-order valence-electron chi connectivity index (χ1n) is 4.94. The van der Waals surface area contributed by atoms with E-state index in [1.54, 1.807) is 0 Å². The number of carbonyl (C=O) groups is 1. The number of rotatable bonds is 2. The molecule has 0 aliphatic carbocycles. The molecule has 2 rings (SSSR count). The minimum absolute atomic E-state index is 0.182. The van der Waals surface area contributed by atoms with Crippen molar-refractivity contribution in [3.05, 3.63) is 23.8 Å². The molecule has 0 radical (unpaired) electrons. The number of anilines is 2. The normalized spacial score (nSPS) is 19.3. The summed E-state index contributed by atoms with van der Waals surface area (Å²) in [6, 6.07) is 5.69. The number of fused-ring (bicyclic) bond motifs is 1. The van der Waals surface area contributed by atoms with Crippen molar-refractivity contribution in [1.82, 2.24) is 0 Å². The lowest BCUT2D eigenvalue weighted by molar-refractivity contribution is 0.112. The number of nitrogens with two attached hydrogens (primary N) is 1. The van der Waals surface area contributed by atoms with Crippen LogP contribution in [0.2, 0.25) is 0 Å². The summed E-state index contributed by atoms with van der Waals surface area (Å²) in [6.45, 7) is 0.568. The Labute approximate surface area is 89.3 Å². The van der Waals surface area contributed by atoms with Crippen LogP contribution in [0, 0.1) is 0 Å². The van der Waals surface area contributed by atoms with E-state index < -0.39 is 0 Å². The predicted molar refractivity (Wildman–Crippen MR) is 61.5 cm³/mol. The van der Waals surface area contributed by atoms with E-state index >= 15 is 0 Å². The Balaban J connectivity index is 2.47. The summed E-state index contributed by atoms with van der Waals surface area (Å²) in [7, 11) is 4.01. The third-order valence-electron chi connectivity index (χ3n) is 3.00. The Morgan fingerprint density at radius 2 is 2.00 bits per heavy atom. The van der Waals surface area contributed by atoms with Crippen LogP contribution in [0.3, 0.4) is 0 Å². The van der Waals surface area contributed by atoms with Gasteiger partial charge in [-0.05, 0) is 18.2 Å². The third-order valence-corrected chi connectivity index (χ3v) is 3.00. The standard InChI is InChI=1S/C11H15N3O/c1-13-9-4-3-8(7-15)5-10(9)14(2)11(13)6-12/h3-5,7,11H,6,12H2,1-2H3. The molecule has 0 saturated carbocycles. The van der Waals surface area contributed by atoms with Gasteiger partial charge in [0, 0.05) is 26.2 Å². The van der Waals surface area contributed by atoms with E-state index in [1.807, 2.05) is 32.3 Å². The average molecular weight is 205 g/mol. The second kappa shape index (κ2) is 3.55. The van der Waals surface area contributed by atoms with Gasteiger partial charge in [-0.15, -0.1) is 0 Å². The molecular formula is C11H15N3O. The van der Waals surface area contributed by atoms with Crippen LogP contribution in [0.15, 0.2) is 18.2 Å². The smallest absolute Gasteiger partial charge is 0.150 e. The number of nitrogens with zero attached hydrogens (tertiary/aromatic N) is 2. The van der Waals surface area contributed by atoms with E-state index in [-0.39, 0.29) is 6.17 Å². The van der Waals surface area contributed by atoms with Gasteiger partial charge >= 0.3 is 0 Å². The maximum absolute atomic E-state index is 10.7. The van der Waals surface area contributed by atoms with Crippen LogP contribution < -0.4 is 15.5 Å². The van der Waals surface area contributed by atoms with Crippen molar-refractivity contribution in [3.8, 4) is 0 Å². The van der Waals surface area contributed by atoms with Crippen LogP contribution in [0.1, 0.15) is 10.4 Å². The van der Waals surface area contributed by atoms with Gasteiger partial charge in [0.1, 0.15) is 12.5 Å². The van der Waals surface area contributed by atoms with Crippen LogP contribution in [-0.2, 0) is 0 Å². The SMILES string of the molecule is CN1c2ccc(C=O)cc2N(C)C1CN. The molecule has 0 bridgehead atoms. The molecule has 0 fully saturated rings. The van der Waals surface area contributed by atoms with Crippen molar-refractivity contribution in [2.75, 3.05) is 30.4 Å². The molecule has 1 aromatic carbocycles. The summed E-state index contributed by atoms with van der Waals surface area (Å²) in [5.74, 6) is 0. The summed E-state index contributed by atoms with van der Waals surface area (Å²) in [5.41, 5.74) is 8.60. The van der Waals surface area contributed by atoms with Crippen LogP contribution in [0.4, 0.5) is 11.4 Å². The number of likely N-dealkylation sites (N-methyl/N-ethyl adjacent to an activating group) is 2. The fourth-order valence-electron chi connectivity index (χ4n) is 2.09. The van der Waals surface area contributed by atoms with Gasteiger partial charge in [0.05, 0.1) is 11.4 Å². The highest BCUT2D eigenvalue weighted by Crippen LogP contribution is 2.37. The van der Waals surface area contributed by atoms with Gasteiger partial charge in [-0.3, -0.25) is 4.79 Å². The summed E-state index contributed by atoms with van der Waals surface area (Å²) in [5, 5.41) is 0. The number of hydrogen-bond donors (Lipinski definition) is 1. The fraction of sp³-hybridized carbons (Fsp3) is 0.364. The van der Waals surface area contributed by atoms with Gasteiger partial charge in [-0.2, -0.15) is 0 Å². The Morgan fingerprint density at radius 3 is 2.60 bits per heavy atom. The first kappa shape index (κ1) is 9.98. The minimum Gasteiger partial charge on any atom is -0.352 e. The first-order valence-corrected chi connectivity index (χ1v) is 4.94. The second-order valence-electron chi connectivity index (χ2n) is 3.80. The lowest BCUT2D eigenvalue weighted by Gasteiger charge is -2.26. The molecule has 2 N–H and O–H groups in total. The maximum Gasteiger partial charge on any atom is 0.150 e. The fourth-order valence-corrected chi connectivity index (χ4v) is 2.09. The van der Waals surface area contributed by atoms with E-state index in [9.17, 15) is 4.79 Å². The molecule has 15 heavy (non-hydrogen) atoms. The molecule has 0 aromatic heterocycles. The summed E-state index contributed by atoms with van der Waals surface area (Å²) in [4.78, 5) is 14.9. The van der Waals surface area contributed by atoms with E-state index in [4.69, 9.17) is 5.73 Å². The Morgan fingerprint density at radius 1 is 1.33 bits per heavy atom. The van der Waals surface area contributed by atoms with E-state index in [2.05, 4.69) is 9.80 Å². The van der Waals surface area contributed by atoms with Crippen molar-refractivity contribution in [2.24, 2.45) is 5.73 Å². The molecule has 1 aliphatic heterocycles. The zero-order valence-electron chi connectivity index (χ0n) is 8.97. The highest BCUT2D eigenvalue weighted by molar-refractivity contribution is 5.85. The molecule has 1 aliphatic rings. The van der Waals surface area contributed by atoms with Gasteiger partial charge in [0.15, 0.2) is 0 Å². The first-order chi connectivity index (χ1) is 7.19. The summed E-state index contributed by atoms with van der Waals surface area (Å²) in [6.07, 6.45) is 1.05. The van der Waals surface area contributed by atoms with Gasteiger partial charge in [-0.25, -0.2) is 0 Å². The Bertz CT molecular complexity index is 391. The highest BCUT2D eigenvalue weighted by atomic mass is 16.1.